The zero-order valence-electron chi connectivity index (χ0n) is 8.59. The Kier molecular flexibility index (Phi) is 2.99. The first kappa shape index (κ1) is 9.46. The molecule has 0 bridgehead atoms. The second-order valence-corrected chi connectivity index (χ2v) is 3.87. The fraction of sp³-hybridized carbons (Fsp3) is 0.545. The van der Waals surface area contributed by atoms with E-state index in [-0.39, 0.29) is 0 Å². The summed E-state index contributed by atoms with van der Waals surface area (Å²) in [5.41, 5.74) is 2.25. The summed E-state index contributed by atoms with van der Waals surface area (Å²) < 4.78 is 0. The predicted molar refractivity (Wildman–Crippen MR) is 58.5 cm³/mol. The van der Waals surface area contributed by atoms with Crippen molar-refractivity contribution in [2.45, 2.75) is 25.8 Å². The van der Waals surface area contributed by atoms with Gasteiger partial charge in [0.05, 0.1) is 0 Å². The van der Waals surface area contributed by atoms with Crippen LogP contribution in [-0.2, 0) is 0 Å². The fourth-order valence-electron chi connectivity index (χ4n) is 1.85. The van der Waals surface area contributed by atoms with E-state index in [9.17, 15) is 0 Å². The maximum atomic E-state index is 4.18. The average molecular weight is 191 g/mol. The third kappa shape index (κ3) is 2.45. The van der Waals surface area contributed by atoms with Gasteiger partial charge in [-0.1, -0.05) is 0 Å². The Morgan fingerprint density at radius 2 is 2.50 bits per heavy atom. The highest BCUT2D eigenvalue weighted by atomic mass is 15.0. The van der Waals surface area contributed by atoms with Crippen LogP contribution >= 0.6 is 0 Å². The lowest BCUT2D eigenvalue weighted by Crippen LogP contribution is -2.38. The number of piperidine rings is 1. The van der Waals surface area contributed by atoms with E-state index in [1.807, 2.05) is 19.2 Å². The molecule has 2 heterocycles. The van der Waals surface area contributed by atoms with Crippen molar-refractivity contribution in [1.82, 2.24) is 10.3 Å². The molecule has 1 unspecified atom stereocenters. The van der Waals surface area contributed by atoms with Crippen LogP contribution < -0.4 is 10.6 Å². The molecular formula is C11H17N3. The molecule has 0 aromatic carbocycles. The quantitative estimate of drug-likeness (QED) is 0.744. The van der Waals surface area contributed by atoms with Crippen molar-refractivity contribution in [3.05, 3.63) is 24.0 Å². The second-order valence-electron chi connectivity index (χ2n) is 3.87. The van der Waals surface area contributed by atoms with Crippen molar-refractivity contribution in [3.8, 4) is 0 Å². The minimum Gasteiger partial charge on any atom is -0.381 e. The predicted octanol–water partition coefficient (Wildman–Crippen LogP) is 1.55. The average Bonchev–Trinajstić information content (AvgIpc) is 2.19. The van der Waals surface area contributed by atoms with Crippen LogP contribution in [0.4, 0.5) is 5.69 Å². The molecular weight excluding hydrogens is 174 g/mol. The molecule has 3 nitrogen and oxygen atoms in total. The summed E-state index contributed by atoms with van der Waals surface area (Å²) in [5, 5.41) is 6.91. The largest absolute Gasteiger partial charge is 0.381 e. The van der Waals surface area contributed by atoms with Gasteiger partial charge in [0.1, 0.15) is 0 Å². The molecule has 3 heteroatoms. The van der Waals surface area contributed by atoms with Crippen molar-refractivity contribution in [3.63, 3.8) is 0 Å². The first-order valence-corrected chi connectivity index (χ1v) is 5.24. The zero-order valence-corrected chi connectivity index (χ0v) is 8.59. The lowest BCUT2D eigenvalue weighted by Gasteiger charge is -2.24. The van der Waals surface area contributed by atoms with Gasteiger partial charge in [-0.3, -0.25) is 4.98 Å². The van der Waals surface area contributed by atoms with E-state index in [4.69, 9.17) is 0 Å². The van der Waals surface area contributed by atoms with E-state index in [0.717, 1.165) is 18.8 Å². The number of aryl methyl sites for hydroxylation is 1. The van der Waals surface area contributed by atoms with Crippen molar-refractivity contribution >= 4 is 5.69 Å². The number of hydrogen-bond acceptors (Lipinski definition) is 3. The number of pyridine rings is 1. The van der Waals surface area contributed by atoms with E-state index in [0.29, 0.717) is 6.04 Å². The van der Waals surface area contributed by atoms with Crippen LogP contribution in [0.15, 0.2) is 18.3 Å². The molecule has 1 aliphatic rings. The Bertz CT molecular complexity index is 292. The molecule has 1 aliphatic heterocycles. The van der Waals surface area contributed by atoms with Gasteiger partial charge in [0.2, 0.25) is 0 Å². The fourth-order valence-corrected chi connectivity index (χ4v) is 1.85. The number of nitrogens with zero attached hydrogens (tertiary/aromatic N) is 1. The van der Waals surface area contributed by atoms with Gasteiger partial charge in [-0.25, -0.2) is 0 Å². The number of nitrogens with one attached hydrogen (secondary N) is 2. The van der Waals surface area contributed by atoms with E-state index in [1.165, 1.54) is 18.5 Å². The minimum absolute atomic E-state index is 0.575. The van der Waals surface area contributed by atoms with Gasteiger partial charge < -0.3 is 10.6 Å². The normalized spacial score (nSPS) is 21.9. The van der Waals surface area contributed by atoms with Gasteiger partial charge in [0, 0.05) is 30.2 Å². The third-order valence-electron chi connectivity index (χ3n) is 2.56. The van der Waals surface area contributed by atoms with Gasteiger partial charge in [-0.15, -0.1) is 0 Å². The summed E-state index contributed by atoms with van der Waals surface area (Å²) in [4.78, 5) is 4.18. The lowest BCUT2D eigenvalue weighted by atomic mass is 10.1. The van der Waals surface area contributed by atoms with Crippen LogP contribution in [0, 0.1) is 6.92 Å². The van der Waals surface area contributed by atoms with Gasteiger partial charge >= 0.3 is 0 Å². The molecule has 76 valence electrons. The van der Waals surface area contributed by atoms with E-state index >= 15 is 0 Å². The van der Waals surface area contributed by atoms with Crippen LogP contribution in [0.25, 0.3) is 0 Å². The molecule has 0 saturated carbocycles. The Morgan fingerprint density at radius 1 is 1.57 bits per heavy atom. The SMILES string of the molecule is Cc1cc(NC2CCCNC2)ccn1. The Hall–Kier alpha value is -1.09. The summed E-state index contributed by atoms with van der Waals surface area (Å²) in [7, 11) is 0. The molecule has 2 N–H and O–H groups in total. The number of rotatable bonds is 2. The molecule has 1 atom stereocenters. The standard InChI is InChI=1S/C11H17N3/c1-9-7-10(4-6-13-9)14-11-3-2-5-12-8-11/h4,6-7,11-12H,2-3,5,8H2,1H3,(H,13,14). The highest BCUT2D eigenvalue weighted by Crippen LogP contribution is 2.12. The highest BCUT2D eigenvalue weighted by molar-refractivity contribution is 5.44. The van der Waals surface area contributed by atoms with Gasteiger partial charge in [0.25, 0.3) is 0 Å². The van der Waals surface area contributed by atoms with Gasteiger partial charge in [-0.05, 0) is 38.4 Å². The summed E-state index contributed by atoms with van der Waals surface area (Å²) in [5.74, 6) is 0. The topological polar surface area (TPSA) is 37.0 Å². The minimum atomic E-state index is 0.575. The molecule has 0 radical (unpaired) electrons. The van der Waals surface area contributed by atoms with E-state index < -0.39 is 0 Å². The summed E-state index contributed by atoms with van der Waals surface area (Å²) in [6, 6.07) is 4.70. The van der Waals surface area contributed by atoms with Crippen LogP contribution in [0.1, 0.15) is 18.5 Å². The van der Waals surface area contributed by atoms with E-state index in [1.54, 1.807) is 0 Å². The summed E-state index contributed by atoms with van der Waals surface area (Å²) in [6.07, 6.45) is 4.38. The molecule has 1 saturated heterocycles. The first-order chi connectivity index (χ1) is 6.84. The first-order valence-electron chi connectivity index (χ1n) is 5.24. The Morgan fingerprint density at radius 3 is 3.21 bits per heavy atom. The van der Waals surface area contributed by atoms with Crippen molar-refractivity contribution in [1.29, 1.82) is 0 Å². The van der Waals surface area contributed by atoms with Crippen molar-refractivity contribution in [2.24, 2.45) is 0 Å². The molecule has 1 aromatic heterocycles. The van der Waals surface area contributed by atoms with Crippen LogP contribution in [0.3, 0.4) is 0 Å². The number of hydrogen-bond donors (Lipinski definition) is 2. The van der Waals surface area contributed by atoms with E-state index in [2.05, 4.69) is 21.7 Å². The van der Waals surface area contributed by atoms with Crippen LogP contribution in [0.2, 0.25) is 0 Å². The maximum Gasteiger partial charge on any atom is 0.0393 e. The molecule has 0 aliphatic carbocycles. The lowest BCUT2D eigenvalue weighted by molar-refractivity contribution is 0.480. The monoisotopic (exact) mass is 191 g/mol. The van der Waals surface area contributed by atoms with Crippen LogP contribution in [-0.4, -0.2) is 24.1 Å². The second kappa shape index (κ2) is 4.42. The third-order valence-corrected chi connectivity index (χ3v) is 2.56. The summed E-state index contributed by atoms with van der Waals surface area (Å²) in [6.45, 7) is 4.25. The Balaban J connectivity index is 1.95. The highest BCUT2D eigenvalue weighted by Gasteiger charge is 2.11. The molecule has 1 fully saturated rings. The van der Waals surface area contributed by atoms with Crippen molar-refractivity contribution in [2.75, 3.05) is 18.4 Å². The Labute approximate surface area is 84.9 Å². The molecule has 0 spiro atoms. The van der Waals surface area contributed by atoms with Gasteiger partial charge in [0.15, 0.2) is 0 Å². The number of aromatic nitrogens is 1. The molecule has 0 amide bonds. The maximum absolute atomic E-state index is 4.18. The summed E-state index contributed by atoms with van der Waals surface area (Å²) >= 11 is 0. The molecule has 14 heavy (non-hydrogen) atoms. The van der Waals surface area contributed by atoms with Crippen LogP contribution in [0.5, 0.6) is 0 Å². The van der Waals surface area contributed by atoms with Gasteiger partial charge in [-0.2, -0.15) is 0 Å². The molecule has 2 rings (SSSR count). The van der Waals surface area contributed by atoms with Crippen molar-refractivity contribution < 1.29 is 0 Å². The number of anilines is 1. The molecule has 1 aromatic rings. The zero-order chi connectivity index (χ0) is 9.80. The smallest absolute Gasteiger partial charge is 0.0393 e.